The molecule has 2 atom stereocenters. The van der Waals surface area contributed by atoms with E-state index in [4.69, 9.17) is 37.9 Å². The van der Waals surface area contributed by atoms with Crippen LogP contribution in [0.3, 0.4) is 0 Å². The van der Waals surface area contributed by atoms with Gasteiger partial charge in [-0.15, -0.1) is 0 Å². The number of carbonyl (C=O) groups is 2. The average Bonchev–Trinajstić information content (AvgIpc) is 2.85. The molecule has 0 aliphatic rings. The van der Waals surface area contributed by atoms with E-state index in [1.807, 2.05) is 0 Å². The van der Waals surface area contributed by atoms with Gasteiger partial charge >= 0.3 is 24.0 Å². The molecule has 0 bridgehead atoms. The smallest absolute Gasteiger partial charge is 0.352 e. The predicted molar refractivity (Wildman–Crippen MR) is 112 cm³/mol. The monoisotopic (exact) mass is 482 g/mol. The molecular weight excluding hydrogens is 456 g/mol. The Bertz CT molecular complexity index is 852. The molecule has 0 aromatic carbocycles. The zero-order chi connectivity index (χ0) is 25.1. The summed E-state index contributed by atoms with van der Waals surface area (Å²) >= 11 is 0. The number of ether oxygens (including phenoxy) is 8. The van der Waals surface area contributed by atoms with Crippen LogP contribution in [0.15, 0.2) is 12.1 Å². The van der Waals surface area contributed by atoms with Crippen molar-refractivity contribution in [1.29, 1.82) is 0 Å². The van der Waals surface area contributed by atoms with Crippen molar-refractivity contribution in [3.63, 3.8) is 0 Å². The van der Waals surface area contributed by atoms with Crippen LogP contribution in [0.25, 0.3) is 0 Å². The first-order valence-corrected chi connectivity index (χ1v) is 9.99. The van der Waals surface area contributed by atoms with E-state index in [0.717, 1.165) is 0 Å². The van der Waals surface area contributed by atoms with Gasteiger partial charge in [-0.2, -0.15) is 19.9 Å². The van der Waals surface area contributed by atoms with E-state index in [2.05, 4.69) is 19.9 Å². The van der Waals surface area contributed by atoms with Gasteiger partial charge in [0.15, 0.2) is 0 Å². The fourth-order valence-corrected chi connectivity index (χ4v) is 2.43. The van der Waals surface area contributed by atoms with Crippen molar-refractivity contribution in [2.75, 3.05) is 41.7 Å². The maximum atomic E-state index is 12.8. The van der Waals surface area contributed by atoms with Crippen molar-refractivity contribution in [2.24, 2.45) is 0 Å². The van der Waals surface area contributed by atoms with Gasteiger partial charge in [-0.05, 0) is 13.8 Å². The van der Waals surface area contributed by atoms with Crippen molar-refractivity contribution in [2.45, 2.75) is 26.1 Å². The van der Waals surface area contributed by atoms with Crippen LogP contribution in [0.2, 0.25) is 0 Å². The third kappa shape index (κ3) is 6.95. The molecule has 14 heteroatoms. The second kappa shape index (κ2) is 12.8. The number of esters is 2. The standard InChI is InChI=1S/C20H26N4O10/c1-7-31-17(25)15(33-19-21-11(27-3)9-12(22-19)28-4)16(18(26)32-8-2)34-20-23-13(29-5)10-14(24-20)30-6/h9-10,15-16H,7-8H2,1-6H3/t15-,16-/m1/s1. The third-order valence-corrected chi connectivity index (χ3v) is 3.93. The van der Waals surface area contributed by atoms with Gasteiger partial charge < -0.3 is 37.9 Å². The summed E-state index contributed by atoms with van der Waals surface area (Å²) in [7, 11) is 5.47. The fourth-order valence-electron chi connectivity index (χ4n) is 2.43. The van der Waals surface area contributed by atoms with Crippen LogP contribution in [-0.4, -0.2) is 85.7 Å². The molecule has 34 heavy (non-hydrogen) atoms. The van der Waals surface area contributed by atoms with E-state index in [9.17, 15) is 9.59 Å². The first kappa shape index (κ1) is 26.2. The highest BCUT2D eigenvalue weighted by Crippen LogP contribution is 2.24. The summed E-state index contributed by atoms with van der Waals surface area (Å²) in [4.78, 5) is 41.6. The molecule has 0 amide bonds. The van der Waals surface area contributed by atoms with E-state index >= 15 is 0 Å². The summed E-state index contributed by atoms with van der Waals surface area (Å²) in [6.45, 7) is 3.13. The van der Waals surface area contributed by atoms with Gasteiger partial charge in [0.1, 0.15) is 0 Å². The van der Waals surface area contributed by atoms with Gasteiger partial charge in [-0.1, -0.05) is 0 Å². The van der Waals surface area contributed by atoms with Crippen LogP contribution in [0, 0.1) is 0 Å². The first-order valence-electron chi connectivity index (χ1n) is 9.99. The Balaban J connectivity index is 2.51. The largest absolute Gasteiger partial charge is 0.481 e. The summed E-state index contributed by atoms with van der Waals surface area (Å²) in [5.74, 6) is -1.59. The van der Waals surface area contributed by atoms with Crippen molar-refractivity contribution < 1.29 is 47.5 Å². The van der Waals surface area contributed by atoms with Gasteiger partial charge in [0.2, 0.25) is 35.7 Å². The highest BCUT2D eigenvalue weighted by atomic mass is 16.6. The van der Waals surface area contributed by atoms with Gasteiger partial charge in [0, 0.05) is 0 Å². The lowest BCUT2D eigenvalue weighted by atomic mass is 10.2. The quantitative estimate of drug-likeness (QED) is 0.365. The SMILES string of the molecule is CCOC(=O)[C@H](Oc1nc(OC)cc(OC)n1)[C@@H](Oc1nc(OC)cc(OC)n1)C(=O)OCC. The molecule has 0 aliphatic heterocycles. The molecule has 2 rings (SSSR count). The Kier molecular flexibility index (Phi) is 9.86. The maximum Gasteiger partial charge on any atom is 0.352 e. The summed E-state index contributed by atoms with van der Waals surface area (Å²) < 4.78 is 41.7. The van der Waals surface area contributed by atoms with E-state index in [-0.39, 0.29) is 48.8 Å². The second-order valence-corrected chi connectivity index (χ2v) is 6.05. The predicted octanol–water partition coefficient (Wildman–Crippen LogP) is 0.622. The summed E-state index contributed by atoms with van der Waals surface area (Å²) in [5.41, 5.74) is 0. The number of rotatable bonds is 13. The molecule has 2 heterocycles. The summed E-state index contributed by atoms with van der Waals surface area (Å²) in [5, 5.41) is 0. The lowest BCUT2D eigenvalue weighted by Crippen LogP contribution is -2.49. The van der Waals surface area contributed by atoms with Crippen LogP contribution in [-0.2, 0) is 19.1 Å². The zero-order valence-corrected chi connectivity index (χ0v) is 19.6. The Morgan fingerprint density at radius 1 is 0.647 bits per heavy atom. The van der Waals surface area contributed by atoms with Gasteiger partial charge in [-0.25, -0.2) is 9.59 Å². The minimum atomic E-state index is -1.73. The molecule has 0 unspecified atom stereocenters. The van der Waals surface area contributed by atoms with Crippen LogP contribution < -0.4 is 28.4 Å². The number of hydrogen-bond donors (Lipinski definition) is 0. The number of methoxy groups -OCH3 is 4. The molecule has 0 N–H and O–H groups in total. The Morgan fingerprint density at radius 3 is 1.18 bits per heavy atom. The van der Waals surface area contributed by atoms with Gasteiger partial charge in [0.25, 0.3) is 0 Å². The number of carbonyl (C=O) groups excluding carboxylic acids is 2. The zero-order valence-electron chi connectivity index (χ0n) is 19.6. The molecule has 0 radical (unpaired) electrons. The molecule has 2 aromatic heterocycles. The lowest BCUT2D eigenvalue weighted by Gasteiger charge is -2.24. The van der Waals surface area contributed by atoms with E-state index in [1.165, 1.54) is 40.6 Å². The molecule has 0 saturated heterocycles. The Labute approximate surface area is 195 Å². The van der Waals surface area contributed by atoms with Crippen molar-refractivity contribution >= 4 is 11.9 Å². The molecule has 186 valence electrons. The van der Waals surface area contributed by atoms with E-state index in [1.54, 1.807) is 13.8 Å². The van der Waals surface area contributed by atoms with Gasteiger partial charge in [0.05, 0.1) is 53.8 Å². The van der Waals surface area contributed by atoms with Gasteiger partial charge in [-0.3, -0.25) is 0 Å². The van der Waals surface area contributed by atoms with Crippen LogP contribution in [0.5, 0.6) is 35.5 Å². The van der Waals surface area contributed by atoms with Crippen molar-refractivity contribution in [1.82, 2.24) is 19.9 Å². The molecule has 0 saturated carbocycles. The highest BCUT2D eigenvalue weighted by molar-refractivity contribution is 5.86. The molecule has 2 aromatic rings. The Hall–Kier alpha value is -4.10. The lowest BCUT2D eigenvalue weighted by molar-refractivity contribution is -0.169. The Morgan fingerprint density at radius 2 is 0.941 bits per heavy atom. The van der Waals surface area contributed by atoms with Crippen LogP contribution >= 0.6 is 0 Å². The number of hydrogen-bond acceptors (Lipinski definition) is 14. The highest BCUT2D eigenvalue weighted by Gasteiger charge is 2.42. The minimum Gasteiger partial charge on any atom is -0.481 e. The third-order valence-electron chi connectivity index (χ3n) is 3.93. The molecule has 0 fully saturated rings. The topological polar surface area (TPSA) is 160 Å². The normalized spacial score (nSPS) is 12.1. The van der Waals surface area contributed by atoms with Crippen molar-refractivity contribution in [3.8, 4) is 35.5 Å². The van der Waals surface area contributed by atoms with Crippen LogP contribution in [0.1, 0.15) is 13.8 Å². The van der Waals surface area contributed by atoms with E-state index in [0.29, 0.717) is 0 Å². The molecule has 0 aliphatic carbocycles. The number of aromatic nitrogens is 4. The average molecular weight is 482 g/mol. The second-order valence-electron chi connectivity index (χ2n) is 6.05. The maximum absolute atomic E-state index is 12.8. The summed E-state index contributed by atoms with van der Waals surface area (Å²) in [6.07, 6.45) is -3.45. The van der Waals surface area contributed by atoms with Crippen molar-refractivity contribution in [3.05, 3.63) is 12.1 Å². The number of nitrogens with zero attached hydrogens (tertiary/aromatic N) is 4. The molecular formula is C20H26N4O10. The fraction of sp³-hybridized carbons (Fsp3) is 0.500. The van der Waals surface area contributed by atoms with E-state index < -0.39 is 24.1 Å². The van der Waals surface area contributed by atoms with Crippen LogP contribution in [0.4, 0.5) is 0 Å². The molecule has 14 nitrogen and oxygen atoms in total. The first-order chi connectivity index (χ1) is 16.4. The molecule has 0 spiro atoms. The minimum absolute atomic E-state index is 0.0139. The summed E-state index contributed by atoms with van der Waals surface area (Å²) in [6, 6.07) is 2.08.